The highest BCUT2D eigenvalue weighted by Gasteiger charge is 2.01. The zero-order chi connectivity index (χ0) is 11.1. The average molecular weight is 272 g/mol. The van der Waals surface area contributed by atoms with Crippen LogP contribution in [0.15, 0.2) is 28.7 Å². The zero-order valence-corrected chi connectivity index (χ0v) is 10.7. The van der Waals surface area contributed by atoms with Crippen LogP contribution in [-0.2, 0) is 0 Å². The van der Waals surface area contributed by atoms with Crippen molar-refractivity contribution in [3.8, 4) is 5.75 Å². The third kappa shape index (κ3) is 5.19. The molecule has 0 aliphatic heterocycles. The molecular formula is C12H18BrNO. The van der Waals surface area contributed by atoms with Crippen LogP contribution in [-0.4, -0.2) is 12.6 Å². The van der Waals surface area contributed by atoms with E-state index in [9.17, 15) is 0 Å². The summed E-state index contributed by atoms with van der Waals surface area (Å²) in [5, 5.41) is 0. The van der Waals surface area contributed by atoms with E-state index in [4.69, 9.17) is 10.5 Å². The smallest absolute Gasteiger partial charge is 0.120 e. The summed E-state index contributed by atoms with van der Waals surface area (Å²) >= 11 is 3.40. The maximum atomic E-state index is 5.89. The van der Waals surface area contributed by atoms with Crippen molar-refractivity contribution in [1.29, 1.82) is 0 Å². The van der Waals surface area contributed by atoms with E-state index in [0.29, 0.717) is 6.61 Å². The summed E-state index contributed by atoms with van der Waals surface area (Å²) in [6.07, 6.45) is 3.13. The molecule has 0 saturated carbocycles. The zero-order valence-electron chi connectivity index (χ0n) is 9.08. The van der Waals surface area contributed by atoms with Gasteiger partial charge in [-0.05, 0) is 31.0 Å². The summed E-state index contributed by atoms with van der Waals surface area (Å²) in [7, 11) is 0. The highest BCUT2D eigenvalue weighted by atomic mass is 79.9. The van der Waals surface area contributed by atoms with Crippen molar-refractivity contribution in [3.05, 3.63) is 28.7 Å². The van der Waals surface area contributed by atoms with E-state index in [1.807, 2.05) is 24.3 Å². The van der Waals surface area contributed by atoms with Gasteiger partial charge in [0.15, 0.2) is 0 Å². The summed E-state index contributed by atoms with van der Waals surface area (Å²) in [6.45, 7) is 2.84. The van der Waals surface area contributed by atoms with Crippen molar-refractivity contribution < 1.29 is 4.74 Å². The van der Waals surface area contributed by atoms with E-state index in [0.717, 1.165) is 29.5 Å². The Balaban J connectivity index is 2.25. The van der Waals surface area contributed by atoms with Crippen LogP contribution >= 0.6 is 15.9 Å². The first-order chi connectivity index (χ1) is 7.22. The quantitative estimate of drug-likeness (QED) is 0.862. The van der Waals surface area contributed by atoms with Crippen molar-refractivity contribution in [2.75, 3.05) is 6.61 Å². The van der Waals surface area contributed by atoms with E-state index in [-0.39, 0.29) is 6.04 Å². The van der Waals surface area contributed by atoms with Crippen molar-refractivity contribution in [1.82, 2.24) is 0 Å². The molecule has 0 saturated heterocycles. The highest BCUT2D eigenvalue weighted by Crippen LogP contribution is 2.17. The number of ether oxygens (including phenoxy) is 1. The van der Waals surface area contributed by atoms with Crippen LogP contribution in [0.25, 0.3) is 0 Å². The normalized spacial score (nSPS) is 12.5. The number of benzene rings is 1. The molecule has 1 unspecified atom stereocenters. The van der Waals surface area contributed by atoms with E-state index in [2.05, 4.69) is 22.9 Å². The number of halogens is 1. The Kier molecular flexibility index (Phi) is 5.73. The van der Waals surface area contributed by atoms with Crippen LogP contribution < -0.4 is 10.5 Å². The third-order valence-corrected chi connectivity index (χ3v) is 2.71. The SMILES string of the molecule is CCCC(N)CCOc1cccc(Br)c1. The first-order valence-corrected chi connectivity index (χ1v) is 6.15. The van der Waals surface area contributed by atoms with Crippen LogP contribution in [0, 0.1) is 0 Å². The van der Waals surface area contributed by atoms with Crippen molar-refractivity contribution in [2.45, 2.75) is 32.2 Å². The number of nitrogens with two attached hydrogens (primary N) is 1. The third-order valence-electron chi connectivity index (χ3n) is 2.21. The Labute approximate surface area is 99.9 Å². The molecule has 1 atom stereocenters. The maximum absolute atomic E-state index is 5.89. The Morgan fingerprint density at radius 2 is 2.20 bits per heavy atom. The molecule has 0 bridgehead atoms. The van der Waals surface area contributed by atoms with Crippen molar-refractivity contribution in [2.24, 2.45) is 5.73 Å². The maximum Gasteiger partial charge on any atom is 0.120 e. The molecule has 0 amide bonds. The lowest BCUT2D eigenvalue weighted by atomic mass is 10.1. The second kappa shape index (κ2) is 6.85. The van der Waals surface area contributed by atoms with Crippen LogP contribution in [0.4, 0.5) is 0 Å². The van der Waals surface area contributed by atoms with Gasteiger partial charge in [0.2, 0.25) is 0 Å². The topological polar surface area (TPSA) is 35.2 Å². The minimum Gasteiger partial charge on any atom is -0.493 e. The van der Waals surface area contributed by atoms with E-state index in [1.54, 1.807) is 0 Å². The van der Waals surface area contributed by atoms with Gasteiger partial charge in [-0.15, -0.1) is 0 Å². The molecule has 1 aromatic rings. The Bertz CT molecular complexity index is 291. The summed E-state index contributed by atoms with van der Waals surface area (Å²) < 4.78 is 6.63. The lowest BCUT2D eigenvalue weighted by molar-refractivity contribution is 0.294. The van der Waals surface area contributed by atoms with Crippen molar-refractivity contribution >= 4 is 15.9 Å². The monoisotopic (exact) mass is 271 g/mol. The molecule has 2 N–H and O–H groups in total. The van der Waals surface area contributed by atoms with Gasteiger partial charge >= 0.3 is 0 Å². The molecule has 0 heterocycles. The van der Waals surface area contributed by atoms with Gasteiger partial charge in [-0.2, -0.15) is 0 Å². The van der Waals surface area contributed by atoms with Gasteiger partial charge in [0.05, 0.1) is 6.61 Å². The van der Waals surface area contributed by atoms with Gasteiger partial charge in [0, 0.05) is 10.5 Å². The van der Waals surface area contributed by atoms with Gasteiger partial charge in [-0.3, -0.25) is 0 Å². The standard InChI is InChI=1S/C12H18BrNO/c1-2-4-11(14)7-8-15-12-6-3-5-10(13)9-12/h3,5-6,9,11H,2,4,7-8,14H2,1H3. The molecule has 0 aromatic heterocycles. The lowest BCUT2D eigenvalue weighted by Crippen LogP contribution is -2.22. The fourth-order valence-electron chi connectivity index (χ4n) is 1.40. The second-order valence-electron chi connectivity index (χ2n) is 3.64. The first-order valence-electron chi connectivity index (χ1n) is 5.36. The molecule has 0 aliphatic carbocycles. The molecule has 0 fully saturated rings. The predicted molar refractivity (Wildman–Crippen MR) is 67.1 cm³/mol. The van der Waals surface area contributed by atoms with Gasteiger partial charge in [0.1, 0.15) is 5.75 Å². The lowest BCUT2D eigenvalue weighted by Gasteiger charge is -2.11. The van der Waals surface area contributed by atoms with E-state index in [1.165, 1.54) is 0 Å². The Morgan fingerprint density at radius 3 is 2.87 bits per heavy atom. The predicted octanol–water partition coefficient (Wildman–Crippen LogP) is 3.35. The molecular weight excluding hydrogens is 254 g/mol. The summed E-state index contributed by atoms with van der Waals surface area (Å²) in [5.41, 5.74) is 5.89. The Hall–Kier alpha value is -0.540. The molecule has 0 aliphatic rings. The van der Waals surface area contributed by atoms with Gasteiger partial charge in [-0.25, -0.2) is 0 Å². The molecule has 1 rings (SSSR count). The van der Waals surface area contributed by atoms with Gasteiger partial charge in [-0.1, -0.05) is 35.3 Å². The van der Waals surface area contributed by atoms with Crippen molar-refractivity contribution in [3.63, 3.8) is 0 Å². The largest absolute Gasteiger partial charge is 0.493 e. The minimum absolute atomic E-state index is 0.266. The molecule has 0 spiro atoms. The van der Waals surface area contributed by atoms with Crippen LogP contribution in [0.1, 0.15) is 26.2 Å². The van der Waals surface area contributed by atoms with Crippen LogP contribution in [0.2, 0.25) is 0 Å². The Morgan fingerprint density at radius 1 is 1.40 bits per heavy atom. The summed E-state index contributed by atoms with van der Waals surface area (Å²) in [6, 6.07) is 8.13. The fourth-order valence-corrected chi connectivity index (χ4v) is 1.78. The van der Waals surface area contributed by atoms with E-state index >= 15 is 0 Å². The van der Waals surface area contributed by atoms with E-state index < -0.39 is 0 Å². The second-order valence-corrected chi connectivity index (χ2v) is 4.56. The fraction of sp³-hybridized carbons (Fsp3) is 0.500. The molecule has 2 nitrogen and oxygen atoms in total. The number of rotatable bonds is 6. The average Bonchev–Trinajstić information content (AvgIpc) is 2.18. The summed E-state index contributed by atoms with van der Waals surface area (Å²) in [5.74, 6) is 0.896. The molecule has 3 heteroatoms. The van der Waals surface area contributed by atoms with Gasteiger partial charge in [0.25, 0.3) is 0 Å². The number of hydrogen-bond acceptors (Lipinski definition) is 2. The highest BCUT2D eigenvalue weighted by molar-refractivity contribution is 9.10. The minimum atomic E-state index is 0.266. The van der Waals surface area contributed by atoms with Crippen LogP contribution in [0.5, 0.6) is 5.75 Å². The number of hydrogen-bond donors (Lipinski definition) is 1. The summed E-state index contributed by atoms with van der Waals surface area (Å²) in [4.78, 5) is 0. The van der Waals surface area contributed by atoms with Crippen LogP contribution in [0.3, 0.4) is 0 Å². The first kappa shape index (κ1) is 12.5. The van der Waals surface area contributed by atoms with Gasteiger partial charge < -0.3 is 10.5 Å². The molecule has 84 valence electrons. The molecule has 1 aromatic carbocycles. The molecule has 15 heavy (non-hydrogen) atoms. The molecule has 0 radical (unpaired) electrons.